The van der Waals surface area contributed by atoms with Crippen molar-refractivity contribution in [2.75, 3.05) is 26.3 Å². The maximum Gasteiger partial charge on any atom is 0.0445 e. The van der Waals surface area contributed by atoms with E-state index in [0.717, 1.165) is 25.8 Å². The molecule has 0 fully saturated rings. The summed E-state index contributed by atoms with van der Waals surface area (Å²) in [6.45, 7) is 1.83. The van der Waals surface area contributed by atoms with Gasteiger partial charge in [0.05, 0.1) is 0 Å². The van der Waals surface area contributed by atoms with Crippen LogP contribution in [-0.4, -0.2) is 42.6 Å². The van der Waals surface area contributed by atoms with Gasteiger partial charge >= 0.3 is 0 Å². The van der Waals surface area contributed by atoms with Gasteiger partial charge in [-0.1, -0.05) is 0 Å². The summed E-state index contributed by atoms with van der Waals surface area (Å²) in [6.07, 6.45) is 2.38. The molecule has 0 bridgehead atoms. The van der Waals surface area contributed by atoms with E-state index in [0.29, 0.717) is 12.6 Å². The predicted molar refractivity (Wildman–Crippen MR) is 48.9 cm³/mol. The van der Waals surface area contributed by atoms with Crippen molar-refractivity contribution in [3.8, 4) is 0 Å². The third-order valence-corrected chi connectivity index (χ3v) is 1.76. The van der Waals surface area contributed by atoms with E-state index in [4.69, 9.17) is 15.9 Å². The largest absolute Gasteiger partial charge is 0.396 e. The van der Waals surface area contributed by atoms with Gasteiger partial charge in [0.2, 0.25) is 0 Å². The fourth-order valence-corrected chi connectivity index (χ4v) is 1.09. The second-order valence-electron chi connectivity index (χ2n) is 2.82. The van der Waals surface area contributed by atoms with Gasteiger partial charge in [0.15, 0.2) is 0 Å². The highest BCUT2D eigenvalue weighted by atomic mass is 16.3. The molecule has 0 aliphatic rings. The van der Waals surface area contributed by atoms with Gasteiger partial charge in [0.25, 0.3) is 0 Å². The quantitative estimate of drug-likeness (QED) is 0.360. The van der Waals surface area contributed by atoms with Crippen LogP contribution >= 0.6 is 0 Å². The first-order valence-corrected chi connectivity index (χ1v) is 4.50. The normalized spacial score (nSPS) is 13.2. The molecule has 0 rings (SSSR count). The lowest BCUT2D eigenvalue weighted by molar-refractivity contribution is 0.253. The van der Waals surface area contributed by atoms with Crippen molar-refractivity contribution in [2.24, 2.45) is 5.73 Å². The Balaban J connectivity index is 3.34. The van der Waals surface area contributed by atoms with Crippen LogP contribution in [0.2, 0.25) is 0 Å². The number of nitrogens with one attached hydrogen (secondary N) is 1. The Labute approximate surface area is 73.8 Å². The Kier molecular flexibility index (Phi) is 8.81. The van der Waals surface area contributed by atoms with Crippen LogP contribution in [-0.2, 0) is 0 Å². The van der Waals surface area contributed by atoms with E-state index >= 15 is 0 Å². The molecule has 1 atom stereocenters. The number of aliphatic hydroxyl groups excluding tert-OH is 2. The first-order valence-electron chi connectivity index (χ1n) is 4.50. The summed E-state index contributed by atoms with van der Waals surface area (Å²) in [6, 6.07) is 0.298. The monoisotopic (exact) mass is 176 g/mol. The SMILES string of the molecule is NCCC(CCO)NCCCO. The van der Waals surface area contributed by atoms with E-state index < -0.39 is 0 Å². The molecule has 1 unspecified atom stereocenters. The second kappa shape index (κ2) is 8.93. The summed E-state index contributed by atoms with van der Waals surface area (Å²) in [5, 5.41) is 20.4. The van der Waals surface area contributed by atoms with Crippen molar-refractivity contribution in [3.05, 3.63) is 0 Å². The topological polar surface area (TPSA) is 78.5 Å². The van der Waals surface area contributed by atoms with Crippen molar-refractivity contribution in [1.29, 1.82) is 0 Å². The second-order valence-corrected chi connectivity index (χ2v) is 2.82. The number of rotatable bonds is 8. The molecule has 0 aromatic heterocycles. The van der Waals surface area contributed by atoms with Crippen LogP contribution in [0.15, 0.2) is 0 Å². The van der Waals surface area contributed by atoms with Gasteiger partial charge in [-0.15, -0.1) is 0 Å². The number of hydrogen-bond acceptors (Lipinski definition) is 4. The smallest absolute Gasteiger partial charge is 0.0445 e. The third-order valence-electron chi connectivity index (χ3n) is 1.76. The summed E-state index contributed by atoms with van der Waals surface area (Å²) < 4.78 is 0. The maximum absolute atomic E-state index is 8.69. The average Bonchev–Trinajstić information content (AvgIpc) is 2.06. The van der Waals surface area contributed by atoms with Gasteiger partial charge in [0, 0.05) is 19.3 Å². The minimum Gasteiger partial charge on any atom is -0.396 e. The summed E-state index contributed by atoms with van der Waals surface area (Å²) in [5.41, 5.74) is 5.39. The predicted octanol–water partition coefficient (Wildman–Crippen LogP) is -0.942. The Bertz CT molecular complexity index is 85.1. The van der Waals surface area contributed by atoms with Crippen molar-refractivity contribution < 1.29 is 10.2 Å². The highest BCUT2D eigenvalue weighted by Gasteiger charge is 2.04. The van der Waals surface area contributed by atoms with Gasteiger partial charge in [-0.05, 0) is 32.4 Å². The van der Waals surface area contributed by atoms with Gasteiger partial charge in [-0.3, -0.25) is 0 Å². The molecule has 5 N–H and O–H groups in total. The lowest BCUT2D eigenvalue weighted by atomic mass is 10.1. The Morgan fingerprint density at radius 2 is 1.92 bits per heavy atom. The van der Waals surface area contributed by atoms with E-state index in [1.54, 1.807) is 0 Å². The van der Waals surface area contributed by atoms with Gasteiger partial charge < -0.3 is 21.3 Å². The number of aliphatic hydroxyl groups is 2. The molecule has 0 aromatic carbocycles. The van der Waals surface area contributed by atoms with Crippen LogP contribution in [0.4, 0.5) is 0 Å². The van der Waals surface area contributed by atoms with E-state index in [1.165, 1.54) is 0 Å². The van der Waals surface area contributed by atoms with E-state index in [-0.39, 0.29) is 13.2 Å². The van der Waals surface area contributed by atoms with Crippen LogP contribution in [0.25, 0.3) is 0 Å². The molecule has 4 nitrogen and oxygen atoms in total. The zero-order valence-corrected chi connectivity index (χ0v) is 7.50. The highest BCUT2D eigenvalue weighted by molar-refractivity contribution is 4.66. The summed E-state index contributed by atoms with van der Waals surface area (Å²) in [7, 11) is 0. The van der Waals surface area contributed by atoms with E-state index in [2.05, 4.69) is 5.32 Å². The molecule has 0 aliphatic heterocycles. The number of nitrogens with two attached hydrogens (primary N) is 1. The Morgan fingerprint density at radius 1 is 1.17 bits per heavy atom. The maximum atomic E-state index is 8.69. The summed E-state index contributed by atoms with van der Waals surface area (Å²) in [5.74, 6) is 0. The summed E-state index contributed by atoms with van der Waals surface area (Å²) in [4.78, 5) is 0. The van der Waals surface area contributed by atoms with Crippen LogP contribution in [0.5, 0.6) is 0 Å². The van der Waals surface area contributed by atoms with Crippen molar-refractivity contribution >= 4 is 0 Å². The third kappa shape index (κ3) is 6.54. The molecule has 0 amide bonds. The van der Waals surface area contributed by atoms with Crippen LogP contribution < -0.4 is 11.1 Å². The average molecular weight is 176 g/mol. The number of hydrogen-bond donors (Lipinski definition) is 4. The molecule has 0 aromatic rings. The first kappa shape index (κ1) is 11.8. The van der Waals surface area contributed by atoms with E-state index in [9.17, 15) is 0 Å². The fraction of sp³-hybridized carbons (Fsp3) is 1.00. The molecular weight excluding hydrogens is 156 g/mol. The van der Waals surface area contributed by atoms with E-state index in [1.807, 2.05) is 0 Å². The molecule has 0 radical (unpaired) electrons. The fourth-order valence-electron chi connectivity index (χ4n) is 1.09. The van der Waals surface area contributed by atoms with Crippen molar-refractivity contribution in [3.63, 3.8) is 0 Å². The molecule has 0 spiro atoms. The van der Waals surface area contributed by atoms with Crippen molar-refractivity contribution in [1.82, 2.24) is 5.32 Å². The molecule has 12 heavy (non-hydrogen) atoms. The van der Waals surface area contributed by atoms with Crippen LogP contribution in [0, 0.1) is 0 Å². The Morgan fingerprint density at radius 3 is 2.42 bits per heavy atom. The molecule has 0 aliphatic carbocycles. The molecule has 4 heteroatoms. The van der Waals surface area contributed by atoms with Gasteiger partial charge in [0.1, 0.15) is 0 Å². The molecule has 0 saturated carbocycles. The zero-order chi connectivity index (χ0) is 9.23. The lowest BCUT2D eigenvalue weighted by Gasteiger charge is -2.16. The summed E-state index contributed by atoms with van der Waals surface area (Å²) >= 11 is 0. The highest BCUT2D eigenvalue weighted by Crippen LogP contribution is 1.95. The minimum atomic E-state index is 0.191. The van der Waals surface area contributed by atoms with Crippen molar-refractivity contribution in [2.45, 2.75) is 25.3 Å². The zero-order valence-electron chi connectivity index (χ0n) is 7.50. The van der Waals surface area contributed by atoms with Gasteiger partial charge in [-0.2, -0.15) is 0 Å². The van der Waals surface area contributed by atoms with Crippen LogP contribution in [0.1, 0.15) is 19.3 Å². The molecule has 0 saturated heterocycles. The molecular formula is C8H20N2O2. The minimum absolute atomic E-state index is 0.191. The Hall–Kier alpha value is -0.160. The molecule has 74 valence electrons. The lowest BCUT2D eigenvalue weighted by Crippen LogP contribution is -2.33. The molecule has 0 heterocycles. The standard InChI is InChI=1S/C8H20N2O2/c9-4-2-8(3-7-12)10-5-1-6-11/h8,10-12H,1-7,9H2. The first-order chi connectivity index (χ1) is 5.85. The van der Waals surface area contributed by atoms with Gasteiger partial charge in [-0.25, -0.2) is 0 Å². The van der Waals surface area contributed by atoms with Crippen LogP contribution in [0.3, 0.4) is 0 Å².